The Bertz CT molecular complexity index is 453. The summed E-state index contributed by atoms with van der Waals surface area (Å²) in [5.41, 5.74) is 0.812. The monoisotopic (exact) mass is 249 g/mol. The van der Waals surface area contributed by atoms with E-state index >= 15 is 0 Å². The number of likely N-dealkylation sites (tertiary alicyclic amines) is 1. The predicted octanol–water partition coefficient (Wildman–Crippen LogP) is 1.94. The summed E-state index contributed by atoms with van der Waals surface area (Å²) in [4.78, 5) is 14.7. The van der Waals surface area contributed by atoms with Crippen LogP contribution in [0.3, 0.4) is 0 Å². The number of hydrogen-bond donors (Lipinski definition) is 1. The lowest BCUT2D eigenvalue weighted by Crippen LogP contribution is -2.38. The van der Waals surface area contributed by atoms with Gasteiger partial charge in [-0.3, -0.25) is 4.79 Å². The van der Waals surface area contributed by atoms with E-state index in [9.17, 15) is 4.79 Å². The maximum Gasteiger partial charge on any atom is 0.274 e. The second-order valence-electron chi connectivity index (χ2n) is 5.49. The van der Waals surface area contributed by atoms with Gasteiger partial charge in [-0.1, -0.05) is 0 Å². The maximum atomic E-state index is 12.4. The molecular weight excluding hydrogens is 226 g/mol. The quantitative estimate of drug-likeness (QED) is 0.889. The molecule has 0 bridgehead atoms. The summed E-state index contributed by atoms with van der Waals surface area (Å²) in [6.07, 6.45) is 4.17. The molecule has 1 atom stereocenters. The molecule has 2 heterocycles. The minimum atomic E-state index is 0.103. The molecule has 4 heteroatoms. The molecule has 0 aromatic carbocycles. The van der Waals surface area contributed by atoms with Crippen LogP contribution in [0.25, 0.3) is 0 Å². The summed E-state index contributed by atoms with van der Waals surface area (Å²) in [6, 6.07) is 4.42. The highest BCUT2D eigenvalue weighted by atomic mass is 16.1. The molecule has 0 unspecified atom stereocenters. The number of nitrogens with zero attached hydrogens (tertiary/aromatic N) is 2. The fourth-order valence-electron chi connectivity index (χ4n) is 2.58. The molecule has 0 spiro atoms. The lowest BCUT2D eigenvalue weighted by Gasteiger charge is -2.31. The average molecular weight is 249 g/mol. The normalized spacial score (nSPS) is 21.2. The van der Waals surface area contributed by atoms with Crippen molar-refractivity contribution in [2.45, 2.75) is 38.8 Å². The first-order valence-corrected chi connectivity index (χ1v) is 6.74. The molecule has 0 amide bonds. The minimum Gasteiger partial charge on any atom is -0.378 e. The Kier molecular flexibility index (Phi) is 4.07. The number of anilines is 1. The number of hydrogen-bond acceptors (Lipinski definition) is 3. The largest absolute Gasteiger partial charge is 0.378 e. The zero-order valence-electron chi connectivity index (χ0n) is 11.5. The van der Waals surface area contributed by atoms with E-state index in [4.69, 9.17) is 0 Å². The molecule has 1 N–H and O–H groups in total. The van der Waals surface area contributed by atoms with Crippen LogP contribution in [0.5, 0.6) is 0 Å². The van der Waals surface area contributed by atoms with E-state index < -0.39 is 0 Å². The van der Waals surface area contributed by atoms with Crippen molar-refractivity contribution in [2.75, 3.05) is 25.5 Å². The van der Waals surface area contributed by atoms with Gasteiger partial charge in [-0.15, -0.1) is 0 Å². The fraction of sp³-hybridized carbons (Fsp3) is 0.643. The Labute approximate surface area is 109 Å². The highest BCUT2D eigenvalue weighted by molar-refractivity contribution is 5.41. The highest BCUT2D eigenvalue weighted by Gasteiger charge is 2.20. The Hall–Kier alpha value is -1.29. The second-order valence-corrected chi connectivity index (χ2v) is 5.49. The van der Waals surface area contributed by atoms with Crippen molar-refractivity contribution in [2.24, 2.45) is 0 Å². The number of pyridine rings is 1. The minimum absolute atomic E-state index is 0.103. The van der Waals surface area contributed by atoms with Gasteiger partial charge in [0, 0.05) is 24.8 Å². The van der Waals surface area contributed by atoms with Gasteiger partial charge in [0.15, 0.2) is 0 Å². The van der Waals surface area contributed by atoms with Crippen molar-refractivity contribution in [1.29, 1.82) is 0 Å². The van der Waals surface area contributed by atoms with Gasteiger partial charge in [0.2, 0.25) is 0 Å². The van der Waals surface area contributed by atoms with Gasteiger partial charge in [0.25, 0.3) is 5.56 Å². The summed E-state index contributed by atoms with van der Waals surface area (Å²) in [7, 11) is 2.12. The molecule has 1 aromatic rings. The molecule has 0 radical (unpaired) electrons. The summed E-state index contributed by atoms with van der Waals surface area (Å²) < 4.78 is 1.89. The van der Waals surface area contributed by atoms with Crippen LogP contribution in [0.4, 0.5) is 5.69 Å². The van der Waals surface area contributed by atoms with Crippen LogP contribution in [-0.2, 0) is 0 Å². The van der Waals surface area contributed by atoms with Gasteiger partial charge in [0.1, 0.15) is 5.69 Å². The van der Waals surface area contributed by atoms with Gasteiger partial charge in [-0.05, 0) is 52.4 Å². The summed E-state index contributed by atoms with van der Waals surface area (Å²) in [5, 5.41) is 3.22. The molecule has 1 aromatic heterocycles. The van der Waals surface area contributed by atoms with Gasteiger partial charge in [0.05, 0.1) is 0 Å². The van der Waals surface area contributed by atoms with E-state index in [1.165, 1.54) is 0 Å². The maximum absolute atomic E-state index is 12.4. The Morgan fingerprint density at radius 2 is 2.22 bits per heavy atom. The Morgan fingerprint density at radius 1 is 1.44 bits per heavy atom. The summed E-state index contributed by atoms with van der Waals surface area (Å²) in [5.74, 6) is 0. The number of piperidine rings is 1. The third-order valence-corrected chi connectivity index (χ3v) is 3.41. The SMILES string of the molecule is CC(C)Nc1cccn([C@H]2CCCN(C)C2)c1=O. The van der Waals surface area contributed by atoms with E-state index in [-0.39, 0.29) is 11.6 Å². The molecular formula is C14H23N3O. The van der Waals surface area contributed by atoms with Crippen molar-refractivity contribution in [3.63, 3.8) is 0 Å². The number of rotatable bonds is 3. The molecule has 1 saturated heterocycles. The zero-order valence-corrected chi connectivity index (χ0v) is 11.5. The third kappa shape index (κ3) is 2.93. The molecule has 2 rings (SSSR count). The van der Waals surface area contributed by atoms with Crippen LogP contribution in [0, 0.1) is 0 Å². The van der Waals surface area contributed by atoms with Crippen molar-refractivity contribution >= 4 is 5.69 Å². The topological polar surface area (TPSA) is 37.3 Å². The first-order valence-electron chi connectivity index (χ1n) is 6.74. The van der Waals surface area contributed by atoms with Crippen LogP contribution >= 0.6 is 0 Å². The molecule has 1 aliphatic heterocycles. The molecule has 100 valence electrons. The highest BCUT2D eigenvalue weighted by Crippen LogP contribution is 2.19. The average Bonchev–Trinajstić information content (AvgIpc) is 2.31. The lowest BCUT2D eigenvalue weighted by atomic mass is 10.1. The van der Waals surface area contributed by atoms with Gasteiger partial charge >= 0.3 is 0 Å². The predicted molar refractivity (Wildman–Crippen MR) is 75.2 cm³/mol. The van der Waals surface area contributed by atoms with E-state index in [1.807, 2.05) is 36.7 Å². The van der Waals surface area contributed by atoms with Gasteiger partial charge < -0.3 is 14.8 Å². The number of nitrogens with one attached hydrogen (secondary N) is 1. The third-order valence-electron chi connectivity index (χ3n) is 3.41. The van der Waals surface area contributed by atoms with E-state index in [0.29, 0.717) is 11.7 Å². The second kappa shape index (κ2) is 5.57. The zero-order chi connectivity index (χ0) is 13.1. The van der Waals surface area contributed by atoms with Crippen molar-refractivity contribution in [3.8, 4) is 0 Å². The standard InChI is InChI=1S/C14H23N3O/c1-11(2)15-13-7-5-9-17(14(13)18)12-6-4-8-16(3)10-12/h5,7,9,11-12,15H,4,6,8,10H2,1-3H3/t12-/m0/s1. The van der Waals surface area contributed by atoms with Gasteiger partial charge in [-0.25, -0.2) is 0 Å². The van der Waals surface area contributed by atoms with E-state index in [1.54, 1.807) is 0 Å². The first kappa shape index (κ1) is 13.1. The Balaban J connectivity index is 2.25. The molecule has 1 aliphatic rings. The van der Waals surface area contributed by atoms with E-state index in [2.05, 4.69) is 17.3 Å². The van der Waals surface area contributed by atoms with E-state index in [0.717, 1.165) is 25.9 Å². The van der Waals surface area contributed by atoms with Crippen LogP contribution in [0.15, 0.2) is 23.1 Å². The van der Waals surface area contributed by atoms with Crippen molar-refractivity contribution in [1.82, 2.24) is 9.47 Å². The summed E-state index contributed by atoms with van der Waals surface area (Å²) >= 11 is 0. The van der Waals surface area contributed by atoms with Crippen molar-refractivity contribution in [3.05, 3.63) is 28.7 Å². The number of aromatic nitrogens is 1. The first-order chi connectivity index (χ1) is 8.58. The van der Waals surface area contributed by atoms with Crippen LogP contribution in [-0.4, -0.2) is 35.6 Å². The molecule has 4 nitrogen and oxygen atoms in total. The molecule has 18 heavy (non-hydrogen) atoms. The summed E-state index contributed by atoms with van der Waals surface area (Å²) in [6.45, 7) is 6.19. The smallest absolute Gasteiger partial charge is 0.274 e. The van der Waals surface area contributed by atoms with Crippen LogP contribution in [0.1, 0.15) is 32.7 Å². The molecule has 1 fully saturated rings. The number of likely N-dealkylation sites (N-methyl/N-ethyl adjacent to an activating group) is 1. The van der Waals surface area contributed by atoms with Gasteiger partial charge in [-0.2, -0.15) is 0 Å². The Morgan fingerprint density at radius 3 is 2.89 bits per heavy atom. The molecule has 0 saturated carbocycles. The lowest BCUT2D eigenvalue weighted by molar-refractivity contribution is 0.209. The fourth-order valence-corrected chi connectivity index (χ4v) is 2.58. The molecule has 0 aliphatic carbocycles. The van der Waals surface area contributed by atoms with Crippen molar-refractivity contribution < 1.29 is 0 Å². The van der Waals surface area contributed by atoms with Crippen LogP contribution in [0.2, 0.25) is 0 Å². The van der Waals surface area contributed by atoms with Crippen LogP contribution < -0.4 is 10.9 Å².